The van der Waals surface area contributed by atoms with Gasteiger partial charge in [-0.15, -0.1) is 0 Å². The predicted molar refractivity (Wildman–Crippen MR) is 87.1 cm³/mol. The van der Waals surface area contributed by atoms with Crippen molar-refractivity contribution in [3.05, 3.63) is 35.4 Å². The second kappa shape index (κ2) is 7.24. The van der Waals surface area contributed by atoms with Crippen molar-refractivity contribution in [1.29, 1.82) is 0 Å². The fraction of sp³-hybridized carbons (Fsp3) is 0.667. The van der Waals surface area contributed by atoms with Crippen LogP contribution < -0.4 is 5.32 Å². The predicted octanol–water partition coefficient (Wildman–Crippen LogP) is 3.91. The van der Waals surface area contributed by atoms with Crippen LogP contribution in [0.3, 0.4) is 0 Å². The molecule has 0 amide bonds. The number of hydrogen-bond donors (Lipinski definition) is 1. The van der Waals surface area contributed by atoms with Crippen LogP contribution in [0.5, 0.6) is 0 Å². The van der Waals surface area contributed by atoms with Crippen molar-refractivity contribution < 1.29 is 0 Å². The fourth-order valence-electron chi connectivity index (χ4n) is 3.38. The van der Waals surface area contributed by atoms with Gasteiger partial charge < -0.3 is 5.32 Å². The monoisotopic (exact) mass is 274 g/mol. The van der Waals surface area contributed by atoms with Crippen LogP contribution in [-0.4, -0.2) is 30.1 Å². The standard InChI is InChI=1S/C18H30N2/c1-5-19-18(17-11-9-14(2)10-12-17)13-20-15(3)7-6-8-16(20)4/h9-12,15-16,18-19H,5-8,13H2,1-4H3. The summed E-state index contributed by atoms with van der Waals surface area (Å²) in [6.07, 6.45) is 4.07. The Kier molecular flexibility index (Phi) is 5.62. The third kappa shape index (κ3) is 3.83. The van der Waals surface area contributed by atoms with Gasteiger partial charge in [-0.05, 0) is 45.7 Å². The Morgan fingerprint density at radius 3 is 2.30 bits per heavy atom. The molecular formula is C18H30N2. The molecule has 0 saturated carbocycles. The first-order chi connectivity index (χ1) is 9.61. The van der Waals surface area contributed by atoms with Crippen LogP contribution in [0.1, 0.15) is 57.2 Å². The molecule has 3 unspecified atom stereocenters. The number of likely N-dealkylation sites (N-methyl/N-ethyl adjacent to an activating group) is 1. The van der Waals surface area contributed by atoms with Gasteiger partial charge in [-0.25, -0.2) is 0 Å². The number of rotatable bonds is 5. The molecule has 2 nitrogen and oxygen atoms in total. The summed E-state index contributed by atoms with van der Waals surface area (Å²) in [7, 11) is 0. The summed E-state index contributed by atoms with van der Waals surface area (Å²) >= 11 is 0. The maximum atomic E-state index is 3.67. The van der Waals surface area contributed by atoms with Gasteiger partial charge in [0, 0.05) is 24.7 Å². The van der Waals surface area contributed by atoms with Crippen LogP contribution in [0.15, 0.2) is 24.3 Å². The van der Waals surface area contributed by atoms with Gasteiger partial charge in [0.2, 0.25) is 0 Å². The normalized spacial score (nSPS) is 25.6. The van der Waals surface area contributed by atoms with Gasteiger partial charge >= 0.3 is 0 Å². The highest BCUT2D eigenvalue weighted by molar-refractivity contribution is 5.24. The number of aryl methyl sites for hydroxylation is 1. The molecule has 112 valence electrons. The summed E-state index contributed by atoms with van der Waals surface area (Å²) in [5.74, 6) is 0. The zero-order valence-corrected chi connectivity index (χ0v) is 13.5. The van der Waals surface area contributed by atoms with Crippen molar-refractivity contribution in [3.63, 3.8) is 0 Å². The molecule has 0 bridgehead atoms. The van der Waals surface area contributed by atoms with Crippen LogP contribution in [0.25, 0.3) is 0 Å². The molecule has 2 rings (SSSR count). The molecule has 1 aliphatic rings. The fourth-order valence-corrected chi connectivity index (χ4v) is 3.38. The molecule has 1 fully saturated rings. The highest BCUT2D eigenvalue weighted by Gasteiger charge is 2.27. The molecule has 1 aromatic rings. The zero-order chi connectivity index (χ0) is 14.5. The molecule has 2 heteroatoms. The first-order valence-corrected chi connectivity index (χ1v) is 8.17. The Hall–Kier alpha value is -0.860. The molecule has 1 aromatic carbocycles. The van der Waals surface area contributed by atoms with E-state index in [2.05, 4.69) is 62.2 Å². The van der Waals surface area contributed by atoms with Gasteiger partial charge in [0.1, 0.15) is 0 Å². The molecule has 20 heavy (non-hydrogen) atoms. The summed E-state index contributed by atoms with van der Waals surface area (Å²) in [5, 5.41) is 3.67. The molecule has 0 aliphatic carbocycles. The lowest BCUT2D eigenvalue weighted by Crippen LogP contribution is -2.47. The summed E-state index contributed by atoms with van der Waals surface area (Å²) < 4.78 is 0. The van der Waals surface area contributed by atoms with Gasteiger partial charge in [0.15, 0.2) is 0 Å². The van der Waals surface area contributed by atoms with E-state index in [4.69, 9.17) is 0 Å². The maximum Gasteiger partial charge on any atom is 0.0449 e. The summed E-state index contributed by atoms with van der Waals surface area (Å²) in [6, 6.07) is 10.9. The molecule has 0 radical (unpaired) electrons. The second-order valence-corrected chi connectivity index (χ2v) is 6.35. The molecule has 1 heterocycles. The van der Waals surface area contributed by atoms with E-state index in [0.717, 1.165) is 13.1 Å². The van der Waals surface area contributed by atoms with Gasteiger partial charge in [-0.1, -0.05) is 43.2 Å². The highest BCUT2D eigenvalue weighted by Crippen LogP contribution is 2.25. The van der Waals surface area contributed by atoms with Crippen LogP contribution in [0.2, 0.25) is 0 Å². The Labute approximate surface area is 124 Å². The smallest absolute Gasteiger partial charge is 0.0449 e. The number of hydrogen-bond acceptors (Lipinski definition) is 2. The van der Waals surface area contributed by atoms with E-state index >= 15 is 0 Å². The molecule has 3 atom stereocenters. The first kappa shape index (κ1) is 15.5. The van der Waals surface area contributed by atoms with Crippen LogP contribution in [0.4, 0.5) is 0 Å². The average molecular weight is 274 g/mol. The van der Waals surface area contributed by atoms with E-state index in [-0.39, 0.29) is 0 Å². The molecule has 0 spiro atoms. The van der Waals surface area contributed by atoms with Crippen LogP contribution in [-0.2, 0) is 0 Å². The largest absolute Gasteiger partial charge is 0.309 e. The number of piperidine rings is 1. The molecule has 1 saturated heterocycles. The first-order valence-electron chi connectivity index (χ1n) is 8.17. The molecule has 0 aromatic heterocycles. The van der Waals surface area contributed by atoms with Crippen molar-refractivity contribution in [1.82, 2.24) is 10.2 Å². The van der Waals surface area contributed by atoms with E-state index in [1.165, 1.54) is 30.4 Å². The van der Waals surface area contributed by atoms with Crippen molar-refractivity contribution in [2.45, 2.75) is 65.1 Å². The van der Waals surface area contributed by atoms with E-state index in [0.29, 0.717) is 18.1 Å². The van der Waals surface area contributed by atoms with Gasteiger partial charge in [-0.2, -0.15) is 0 Å². The third-order valence-electron chi connectivity index (χ3n) is 4.70. The zero-order valence-electron chi connectivity index (χ0n) is 13.5. The third-order valence-corrected chi connectivity index (χ3v) is 4.70. The van der Waals surface area contributed by atoms with Gasteiger partial charge in [-0.3, -0.25) is 4.90 Å². The molecule has 1 N–H and O–H groups in total. The number of nitrogens with one attached hydrogen (secondary N) is 1. The van der Waals surface area contributed by atoms with E-state index < -0.39 is 0 Å². The molecular weight excluding hydrogens is 244 g/mol. The Morgan fingerprint density at radius 2 is 1.75 bits per heavy atom. The lowest BCUT2D eigenvalue weighted by Gasteiger charge is -2.41. The number of likely N-dealkylation sites (tertiary alicyclic amines) is 1. The van der Waals surface area contributed by atoms with Crippen LogP contribution in [0, 0.1) is 6.92 Å². The Morgan fingerprint density at radius 1 is 1.15 bits per heavy atom. The summed E-state index contributed by atoms with van der Waals surface area (Å²) in [6.45, 7) is 11.3. The van der Waals surface area contributed by atoms with Gasteiger partial charge in [0.25, 0.3) is 0 Å². The minimum atomic E-state index is 0.448. The minimum Gasteiger partial charge on any atom is -0.309 e. The lowest BCUT2D eigenvalue weighted by atomic mass is 9.95. The maximum absolute atomic E-state index is 3.67. The van der Waals surface area contributed by atoms with Crippen molar-refractivity contribution in [2.24, 2.45) is 0 Å². The van der Waals surface area contributed by atoms with Gasteiger partial charge in [0.05, 0.1) is 0 Å². The SMILES string of the molecule is CCNC(CN1C(C)CCCC1C)c1ccc(C)cc1. The highest BCUT2D eigenvalue weighted by atomic mass is 15.2. The number of nitrogens with zero attached hydrogens (tertiary/aromatic N) is 1. The lowest BCUT2D eigenvalue weighted by molar-refractivity contribution is 0.0911. The van der Waals surface area contributed by atoms with Crippen LogP contribution >= 0.6 is 0 Å². The van der Waals surface area contributed by atoms with Crippen molar-refractivity contribution >= 4 is 0 Å². The molecule has 1 aliphatic heterocycles. The van der Waals surface area contributed by atoms with E-state index in [1.54, 1.807) is 0 Å². The van der Waals surface area contributed by atoms with Crippen molar-refractivity contribution in [3.8, 4) is 0 Å². The summed E-state index contributed by atoms with van der Waals surface area (Å²) in [4.78, 5) is 2.69. The minimum absolute atomic E-state index is 0.448. The van der Waals surface area contributed by atoms with Crippen molar-refractivity contribution in [2.75, 3.05) is 13.1 Å². The quantitative estimate of drug-likeness (QED) is 0.876. The van der Waals surface area contributed by atoms with E-state index in [1.807, 2.05) is 0 Å². The Bertz CT molecular complexity index is 388. The summed E-state index contributed by atoms with van der Waals surface area (Å²) in [5.41, 5.74) is 2.76. The average Bonchev–Trinajstić information content (AvgIpc) is 2.43. The second-order valence-electron chi connectivity index (χ2n) is 6.35. The number of benzene rings is 1. The Balaban J connectivity index is 2.10. The topological polar surface area (TPSA) is 15.3 Å². The van der Waals surface area contributed by atoms with E-state index in [9.17, 15) is 0 Å².